The zero-order chi connectivity index (χ0) is 13.8. The van der Waals surface area contributed by atoms with Gasteiger partial charge in [-0.25, -0.2) is 9.78 Å². The number of hydrogen-bond donors (Lipinski definition) is 2. The van der Waals surface area contributed by atoms with E-state index in [2.05, 4.69) is 9.88 Å². The predicted molar refractivity (Wildman–Crippen MR) is 75.1 cm³/mol. The van der Waals surface area contributed by atoms with E-state index in [0.717, 1.165) is 48.8 Å². The van der Waals surface area contributed by atoms with E-state index in [1.165, 1.54) is 11.3 Å². The highest BCUT2D eigenvalue weighted by atomic mass is 32.1. The van der Waals surface area contributed by atoms with Crippen molar-refractivity contribution in [2.45, 2.75) is 32.6 Å². The van der Waals surface area contributed by atoms with E-state index in [4.69, 9.17) is 10.2 Å². The number of rotatable bonds is 4. The minimum absolute atomic E-state index is 0.177. The van der Waals surface area contributed by atoms with Crippen LogP contribution >= 0.6 is 11.3 Å². The average Bonchev–Trinajstić information content (AvgIpc) is 2.60. The molecule has 1 unspecified atom stereocenters. The Labute approximate surface area is 116 Å². The molecule has 0 radical (unpaired) electrons. The van der Waals surface area contributed by atoms with Gasteiger partial charge in [0.25, 0.3) is 0 Å². The fourth-order valence-electron chi connectivity index (χ4n) is 2.54. The smallest absolute Gasteiger partial charge is 0.355 e. The van der Waals surface area contributed by atoms with Crippen LogP contribution < -0.4 is 4.90 Å². The van der Waals surface area contributed by atoms with E-state index in [9.17, 15) is 4.79 Å². The Kier molecular flexibility index (Phi) is 4.76. The van der Waals surface area contributed by atoms with Crippen LogP contribution in [0, 0.1) is 12.8 Å². The van der Waals surface area contributed by atoms with Crippen LogP contribution in [0.3, 0.4) is 0 Å². The number of carboxylic acids is 1. The molecule has 0 amide bonds. The Bertz CT molecular complexity index is 447. The van der Waals surface area contributed by atoms with Gasteiger partial charge in [-0.1, -0.05) is 0 Å². The zero-order valence-corrected chi connectivity index (χ0v) is 11.9. The molecular weight excluding hydrogens is 264 g/mol. The lowest BCUT2D eigenvalue weighted by Crippen LogP contribution is -2.24. The highest BCUT2D eigenvalue weighted by Crippen LogP contribution is 2.29. The SMILES string of the molecule is Cc1sc(N2CCCC(CCO)CC2)nc1C(=O)O. The summed E-state index contributed by atoms with van der Waals surface area (Å²) in [6.07, 6.45) is 4.12. The summed E-state index contributed by atoms with van der Waals surface area (Å²) in [5.41, 5.74) is 0.177. The number of aromatic carboxylic acids is 1. The highest BCUT2D eigenvalue weighted by Gasteiger charge is 2.21. The molecule has 2 heterocycles. The first-order valence-electron chi connectivity index (χ1n) is 6.68. The third-order valence-corrected chi connectivity index (χ3v) is 4.68. The van der Waals surface area contributed by atoms with Crippen LogP contribution in [-0.2, 0) is 0 Å². The normalized spacial score (nSPS) is 20.3. The summed E-state index contributed by atoms with van der Waals surface area (Å²) >= 11 is 1.46. The van der Waals surface area contributed by atoms with Gasteiger partial charge in [0.2, 0.25) is 0 Å². The summed E-state index contributed by atoms with van der Waals surface area (Å²) in [4.78, 5) is 18.2. The molecule has 19 heavy (non-hydrogen) atoms. The summed E-state index contributed by atoms with van der Waals surface area (Å²) in [7, 11) is 0. The third-order valence-electron chi connectivity index (χ3n) is 3.64. The second-order valence-electron chi connectivity index (χ2n) is 5.00. The summed E-state index contributed by atoms with van der Waals surface area (Å²) in [5.74, 6) is -0.372. The molecule has 0 spiro atoms. The molecule has 0 saturated carbocycles. The van der Waals surface area contributed by atoms with Crippen LogP contribution in [-0.4, -0.2) is 40.9 Å². The first kappa shape index (κ1) is 14.3. The summed E-state index contributed by atoms with van der Waals surface area (Å²) < 4.78 is 0. The number of anilines is 1. The molecule has 1 aromatic rings. The lowest BCUT2D eigenvalue weighted by atomic mass is 9.98. The molecule has 0 bridgehead atoms. The lowest BCUT2D eigenvalue weighted by molar-refractivity contribution is 0.0690. The van der Waals surface area contributed by atoms with E-state index in [-0.39, 0.29) is 12.3 Å². The quantitative estimate of drug-likeness (QED) is 0.886. The second kappa shape index (κ2) is 6.34. The summed E-state index contributed by atoms with van der Waals surface area (Å²) in [6.45, 7) is 3.88. The van der Waals surface area contributed by atoms with Crippen molar-refractivity contribution in [3.8, 4) is 0 Å². The van der Waals surface area contributed by atoms with Gasteiger partial charge in [0.1, 0.15) is 0 Å². The predicted octanol–water partition coefficient (Wildman–Crippen LogP) is 2.14. The molecule has 5 nitrogen and oxygen atoms in total. The molecule has 2 rings (SSSR count). The van der Waals surface area contributed by atoms with Gasteiger partial charge in [0, 0.05) is 24.6 Å². The maximum atomic E-state index is 11.0. The maximum absolute atomic E-state index is 11.0. The average molecular weight is 284 g/mol. The van der Waals surface area contributed by atoms with E-state index in [1.807, 2.05) is 0 Å². The molecule has 1 atom stereocenters. The van der Waals surface area contributed by atoms with E-state index < -0.39 is 5.97 Å². The van der Waals surface area contributed by atoms with Gasteiger partial charge in [-0.05, 0) is 38.5 Å². The number of aromatic nitrogens is 1. The van der Waals surface area contributed by atoms with Crippen LogP contribution in [0.15, 0.2) is 0 Å². The van der Waals surface area contributed by atoms with E-state index in [0.29, 0.717) is 5.92 Å². The summed E-state index contributed by atoms with van der Waals surface area (Å²) in [6, 6.07) is 0. The van der Waals surface area contributed by atoms with Gasteiger partial charge < -0.3 is 15.1 Å². The summed E-state index contributed by atoms with van der Waals surface area (Å²) in [5, 5.41) is 18.9. The van der Waals surface area contributed by atoms with E-state index >= 15 is 0 Å². The number of aliphatic hydroxyl groups is 1. The standard InChI is InChI=1S/C13H20N2O3S/c1-9-11(12(17)18)14-13(19-9)15-6-2-3-10(4-7-15)5-8-16/h10,16H,2-8H2,1H3,(H,17,18). The molecule has 1 saturated heterocycles. The topological polar surface area (TPSA) is 73.7 Å². The van der Waals surface area contributed by atoms with Crippen molar-refractivity contribution in [2.24, 2.45) is 5.92 Å². The number of hydrogen-bond acceptors (Lipinski definition) is 5. The second-order valence-corrected chi connectivity index (χ2v) is 6.18. The number of carbonyl (C=O) groups is 1. The van der Waals surface area contributed by atoms with Crippen molar-refractivity contribution in [2.75, 3.05) is 24.6 Å². The number of aryl methyl sites for hydroxylation is 1. The first-order valence-corrected chi connectivity index (χ1v) is 7.50. The first-order chi connectivity index (χ1) is 9.11. The Balaban J connectivity index is 2.06. The molecule has 1 aromatic heterocycles. The van der Waals surface area contributed by atoms with Crippen molar-refractivity contribution >= 4 is 22.4 Å². The molecule has 1 aliphatic heterocycles. The Morgan fingerprint density at radius 3 is 2.89 bits per heavy atom. The molecule has 0 aromatic carbocycles. The van der Waals surface area contributed by atoms with Crippen molar-refractivity contribution < 1.29 is 15.0 Å². The third kappa shape index (κ3) is 3.45. The lowest BCUT2D eigenvalue weighted by Gasteiger charge is -2.19. The van der Waals surface area contributed by atoms with Crippen LogP contribution in [0.1, 0.15) is 41.0 Å². The van der Waals surface area contributed by atoms with Gasteiger partial charge >= 0.3 is 5.97 Å². The number of carboxylic acid groups (broad SMARTS) is 1. The Hall–Kier alpha value is -1.14. The molecule has 106 valence electrons. The van der Waals surface area contributed by atoms with Gasteiger partial charge in [0.05, 0.1) is 0 Å². The van der Waals surface area contributed by atoms with Crippen LogP contribution in [0.4, 0.5) is 5.13 Å². The molecule has 2 N–H and O–H groups in total. The largest absolute Gasteiger partial charge is 0.476 e. The van der Waals surface area contributed by atoms with Crippen molar-refractivity contribution in [3.05, 3.63) is 10.6 Å². The zero-order valence-electron chi connectivity index (χ0n) is 11.1. The van der Waals surface area contributed by atoms with Crippen LogP contribution in [0.25, 0.3) is 0 Å². The van der Waals surface area contributed by atoms with E-state index in [1.54, 1.807) is 6.92 Å². The monoisotopic (exact) mass is 284 g/mol. The molecule has 1 aliphatic rings. The molecular formula is C13H20N2O3S. The van der Waals surface area contributed by atoms with Crippen LogP contribution in [0.5, 0.6) is 0 Å². The van der Waals surface area contributed by atoms with Gasteiger partial charge in [-0.2, -0.15) is 0 Å². The molecule has 0 aliphatic carbocycles. The van der Waals surface area contributed by atoms with Crippen molar-refractivity contribution in [1.29, 1.82) is 0 Å². The fraction of sp³-hybridized carbons (Fsp3) is 0.692. The molecule has 1 fully saturated rings. The van der Waals surface area contributed by atoms with Gasteiger partial charge in [0.15, 0.2) is 10.8 Å². The number of nitrogens with zero attached hydrogens (tertiary/aromatic N) is 2. The maximum Gasteiger partial charge on any atom is 0.355 e. The minimum Gasteiger partial charge on any atom is -0.476 e. The number of aliphatic hydroxyl groups excluding tert-OH is 1. The minimum atomic E-state index is -0.951. The highest BCUT2D eigenvalue weighted by molar-refractivity contribution is 7.15. The van der Waals surface area contributed by atoms with Gasteiger partial charge in [-0.15, -0.1) is 11.3 Å². The fourth-order valence-corrected chi connectivity index (χ4v) is 3.50. The van der Waals surface area contributed by atoms with Crippen LogP contribution in [0.2, 0.25) is 0 Å². The number of thiazole rings is 1. The molecule has 6 heteroatoms. The van der Waals surface area contributed by atoms with Gasteiger partial charge in [-0.3, -0.25) is 0 Å². The van der Waals surface area contributed by atoms with Crippen molar-refractivity contribution in [3.63, 3.8) is 0 Å². The van der Waals surface area contributed by atoms with Crippen molar-refractivity contribution in [1.82, 2.24) is 4.98 Å². The Morgan fingerprint density at radius 1 is 1.47 bits per heavy atom. The Morgan fingerprint density at radius 2 is 2.26 bits per heavy atom.